The second-order valence-corrected chi connectivity index (χ2v) is 4.51. The van der Waals surface area contributed by atoms with Crippen molar-refractivity contribution in [2.24, 2.45) is 0 Å². The molecule has 20 heavy (non-hydrogen) atoms. The molecule has 0 saturated heterocycles. The van der Waals surface area contributed by atoms with Crippen LogP contribution < -0.4 is 5.32 Å². The maximum absolute atomic E-state index is 13.7. The van der Waals surface area contributed by atoms with Gasteiger partial charge in [0.1, 0.15) is 0 Å². The number of benzene rings is 2. The summed E-state index contributed by atoms with van der Waals surface area (Å²) in [5.41, 5.74) is 0.0403. The van der Waals surface area contributed by atoms with Crippen LogP contribution in [-0.4, -0.2) is 11.1 Å². The third-order valence-electron chi connectivity index (χ3n) is 2.71. The molecule has 0 fully saturated rings. The standard InChI is InChI=1S/C14H10ClF2NO2/c15-9-3-1-8(2-4-9)7-18-11-6-5-10(14(19)20)12(16)13(11)17/h1-6,18H,7H2,(H,19,20). The molecule has 2 N–H and O–H groups in total. The summed E-state index contributed by atoms with van der Waals surface area (Å²) in [5.74, 6) is -4.09. The van der Waals surface area contributed by atoms with E-state index in [1.165, 1.54) is 6.07 Å². The van der Waals surface area contributed by atoms with Gasteiger partial charge in [0, 0.05) is 11.6 Å². The molecule has 0 aliphatic heterocycles. The van der Waals surface area contributed by atoms with E-state index in [0.29, 0.717) is 5.02 Å². The van der Waals surface area contributed by atoms with Crippen molar-refractivity contribution >= 4 is 23.3 Å². The summed E-state index contributed by atoms with van der Waals surface area (Å²) in [6, 6.07) is 9.07. The minimum absolute atomic E-state index is 0.0950. The van der Waals surface area contributed by atoms with Crippen molar-refractivity contribution in [3.63, 3.8) is 0 Å². The molecule has 0 unspecified atom stereocenters. The highest BCUT2D eigenvalue weighted by Crippen LogP contribution is 2.21. The Balaban J connectivity index is 2.16. The molecule has 0 heterocycles. The Morgan fingerprint density at radius 3 is 2.35 bits per heavy atom. The van der Waals surface area contributed by atoms with Crippen molar-refractivity contribution in [2.75, 3.05) is 5.32 Å². The Kier molecular flexibility index (Phi) is 4.20. The normalized spacial score (nSPS) is 10.3. The maximum atomic E-state index is 13.7. The Bertz CT molecular complexity index is 644. The Labute approximate surface area is 118 Å². The van der Waals surface area contributed by atoms with Crippen LogP contribution in [0.25, 0.3) is 0 Å². The molecule has 0 aliphatic carbocycles. The van der Waals surface area contributed by atoms with E-state index in [1.54, 1.807) is 24.3 Å². The minimum Gasteiger partial charge on any atom is -0.478 e. The second-order valence-electron chi connectivity index (χ2n) is 4.07. The molecule has 2 aromatic rings. The molecule has 6 heteroatoms. The van der Waals surface area contributed by atoms with Crippen LogP contribution in [0.3, 0.4) is 0 Å². The lowest BCUT2D eigenvalue weighted by molar-refractivity contribution is 0.0690. The van der Waals surface area contributed by atoms with Crippen molar-refractivity contribution < 1.29 is 18.7 Å². The Hall–Kier alpha value is -2.14. The molecule has 104 valence electrons. The van der Waals surface area contributed by atoms with Gasteiger partial charge in [0.15, 0.2) is 11.6 Å². The van der Waals surface area contributed by atoms with Gasteiger partial charge < -0.3 is 10.4 Å². The number of anilines is 1. The van der Waals surface area contributed by atoms with Gasteiger partial charge in [-0.25, -0.2) is 13.6 Å². The van der Waals surface area contributed by atoms with Gasteiger partial charge >= 0.3 is 5.97 Å². The molecule has 0 atom stereocenters. The van der Waals surface area contributed by atoms with Crippen molar-refractivity contribution in [1.29, 1.82) is 0 Å². The SMILES string of the molecule is O=C(O)c1ccc(NCc2ccc(Cl)cc2)c(F)c1F. The molecule has 0 spiro atoms. The molecule has 0 bridgehead atoms. The molecule has 0 aliphatic rings. The number of carboxylic acids is 1. The van der Waals surface area contributed by atoms with E-state index < -0.39 is 23.2 Å². The third kappa shape index (κ3) is 3.05. The van der Waals surface area contributed by atoms with Crippen LogP contribution in [-0.2, 0) is 6.54 Å². The van der Waals surface area contributed by atoms with Gasteiger partial charge in [0.05, 0.1) is 11.3 Å². The number of halogens is 3. The first-order valence-corrected chi connectivity index (χ1v) is 6.06. The van der Waals surface area contributed by atoms with Crippen LogP contribution in [0.4, 0.5) is 14.5 Å². The molecule has 0 aromatic heterocycles. The highest BCUT2D eigenvalue weighted by Gasteiger charge is 2.17. The third-order valence-corrected chi connectivity index (χ3v) is 2.96. The van der Waals surface area contributed by atoms with Gasteiger partial charge in [0.2, 0.25) is 0 Å². The minimum atomic E-state index is -1.51. The van der Waals surface area contributed by atoms with Crippen LogP contribution in [0, 0.1) is 11.6 Å². The Morgan fingerprint density at radius 1 is 1.10 bits per heavy atom. The smallest absolute Gasteiger partial charge is 0.338 e. The van der Waals surface area contributed by atoms with Crippen molar-refractivity contribution in [3.8, 4) is 0 Å². The van der Waals surface area contributed by atoms with Crippen LogP contribution in [0.1, 0.15) is 15.9 Å². The van der Waals surface area contributed by atoms with E-state index in [4.69, 9.17) is 16.7 Å². The molecule has 0 saturated carbocycles. The number of carbonyl (C=O) groups is 1. The van der Waals surface area contributed by atoms with E-state index in [9.17, 15) is 13.6 Å². The summed E-state index contributed by atoms with van der Waals surface area (Å²) in [5, 5.41) is 12.0. The van der Waals surface area contributed by atoms with Gasteiger partial charge in [-0.3, -0.25) is 0 Å². The molecule has 2 aromatic carbocycles. The quantitative estimate of drug-likeness (QED) is 0.899. The molecule has 3 nitrogen and oxygen atoms in total. The number of nitrogens with one attached hydrogen (secondary N) is 1. The predicted octanol–water partition coefficient (Wildman–Crippen LogP) is 3.93. The molecule has 2 rings (SSSR count). The second kappa shape index (κ2) is 5.88. The largest absolute Gasteiger partial charge is 0.478 e. The lowest BCUT2D eigenvalue weighted by Crippen LogP contribution is -2.07. The summed E-state index contributed by atoms with van der Waals surface area (Å²) in [4.78, 5) is 10.7. The number of aromatic carboxylic acids is 1. The first kappa shape index (κ1) is 14.3. The van der Waals surface area contributed by atoms with Crippen LogP contribution in [0.2, 0.25) is 5.02 Å². The lowest BCUT2D eigenvalue weighted by Gasteiger charge is -2.09. The van der Waals surface area contributed by atoms with E-state index >= 15 is 0 Å². The van der Waals surface area contributed by atoms with Crippen LogP contribution >= 0.6 is 11.6 Å². The van der Waals surface area contributed by atoms with Crippen molar-refractivity contribution in [2.45, 2.75) is 6.54 Å². The highest BCUT2D eigenvalue weighted by molar-refractivity contribution is 6.30. The van der Waals surface area contributed by atoms with Gasteiger partial charge in [-0.2, -0.15) is 0 Å². The zero-order chi connectivity index (χ0) is 14.7. The average molecular weight is 298 g/mol. The van der Waals surface area contributed by atoms with Gasteiger partial charge in [0.25, 0.3) is 0 Å². The van der Waals surface area contributed by atoms with Gasteiger partial charge in [-0.15, -0.1) is 0 Å². The summed E-state index contributed by atoms with van der Waals surface area (Å²) in [7, 11) is 0. The zero-order valence-electron chi connectivity index (χ0n) is 10.2. The fourth-order valence-electron chi connectivity index (χ4n) is 1.65. The fraction of sp³-hybridized carbons (Fsp3) is 0.0714. The molecular formula is C14H10ClF2NO2. The van der Waals surface area contributed by atoms with E-state index in [-0.39, 0.29) is 12.2 Å². The number of hydrogen-bond donors (Lipinski definition) is 2. The molecular weight excluding hydrogens is 288 g/mol. The van der Waals surface area contributed by atoms with E-state index in [2.05, 4.69) is 5.32 Å². The number of rotatable bonds is 4. The summed E-state index contributed by atoms with van der Waals surface area (Å²) < 4.78 is 27.1. The predicted molar refractivity (Wildman–Crippen MR) is 72.1 cm³/mol. The maximum Gasteiger partial charge on any atom is 0.338 e. The Morgan fingerprint density at radius 2 is 1.75 bits per heavy atom. The van der Waals surface area contributed by atoms with E-state index in [1.807, 2.05) is 0 Å². The highest BCUT2D eigenvalue weighted by atomic mass is 35.5. The monoisotopic (exact) mass is 297 g/mol. The van der Waals surface area contributed by atoms with Crippen molar-refractivity contribution in [3.05, 3.63) is 64.2 Å². The van der Waals surface area contributed by atoms with Crippen LogP contribution in [0.15, 0.2) is 36.4 Å². The first-order chi connectivity index (χ1) is 9.49. The van der Waals surface area contributed by atoms with Crippen molar-refractivity contribution in [1.82, 2.24) is 0 Å². The zero-order valence-corrected chi connectivity index (χ0v) is 10.9. The van der Waals surface area contributed by atoms with Gasteiger partial charge in [-0.1, -0.05) is 23.7 Å². The number of carboxylic acid groups (broad SMARTS) is 1. The van der Waals surface area contributed by atoms with Crippen LogP contribution in [0.5, 0.6) is 0 Å². The fourth-order valence-corrected chi connectivity index (χ4v) is 1.78. The molecule has 0 radical (unpaired) electrons. The number of hydrogen-bond acceptors (Lipinski definition) is 2. The topological polar surface area (TPSA) is 49.3 Å². The average Bonchev–Trinajstić information content (AvgIpc) is 2.42. The van der Waals surface area contributed by atoms with E-state index in [0.717, 1.165) is 11.6 Å². The summed E-state index contributed by atoms with van der Waals surface area (Å²) in [6.07, 6.45) is 0. The first-order valence-electron chi connectivity index (χ1n) is 5.68. The lowest BCUT2D eigenvalue weighted by atomic mass is 10.1. The summed E-state index contributed by atoms with van der Waals surface area (Å²) in [6.45, 7) is 0.264. The van der Waals surface area contributed by atoms with Gasteiger partial charge in [-0.05, 0) is 29.8 Å². The molecule has 0 amide bonds. The summed E-state index contributed by atoms with van der Waals surface area (Å²) >= 11 is 5.74.